The van der Waals surface area contributed by atoms with Crippen LogP contribution in [0.2, 0.25) is 5.02 Å². The number of carbonyl (C=O) groups excluding carboxylic acids is 1. The third kappa shape index (κ3) is 5.25. The molecule has 1 saturated heterocycles. The van der Waals surface area contributed by atoms with Crippen molar-refractivity contribution in [3.8, 4) is 16.9 Å². The highest BCUT2D eigenvalue weighted by atomic mass is 35.5. The Hall–Kier alpha value is -2.97. The Kier molecular flexibility index (Phi) is 7.53. The first kappa shape index (κ1) is 24.7. The van der Waals surface area contributed by atoms with Crippen LogP contribution in [0.4, 0.5) is 11.5 Å². The third-order valence-electron chi connectivity index (χ3n) is 6.58. The molecule has 36 heavy (non-hydrogen) atoms. The van der Waals surface area contributed by atoms with E-state index < -0.39 is 0 Å². The first-order valence-electron chi connectivity index (χ1n) is 12.1. The van der Waals surface area contributed by atoms with Gasteiger partial charge in [-0.25, -0.2) is 0 Å². The predicted octanol–water partition coefficient (Wildman–Crippen LogP) is 6.32. The molecule has 1 aliphatic rings. The van der Waals surface area contributed by atoms with E-state index in [-0.39, 0.29) is 6.10 Å². The summed E-state index contributed by atoms with van der Waals surface area (Å²) in [6.07, 6.45) is 2.42. The van der Waals surface area contributed by atoms with Crippen LogP contribution in [-0.2, 0) is 0 Å². The van der Waals surface area contributed by atoms with Crippen LogP contribution in [-0.4, -0.2) is 53.0 Å². The normalized spacial score (nSPS) is 15.9. The van der Waals surface area contributed by atoms with Gasteiger partial charge in [0.1, 0.15) is 12.0 Å². The summed E-state index contributed by atoms with van der Waals surface area (Å²) in [6.45, 7) is 5.31. The van der Waals surface area contributed by atoms with E-state index in [1.54, 1.807) is 6.07 Å². The molecular weight excluding hydrogens is 494 g/mol. The van der Waals surface area contributed by atoms with Crippen molar-refractivity contribution in [2.75, 3.05) is 31.6 Å². The van der Waals surface area contributed by atoms with E-state index >= 15 is 0 Å². The smallest absolute Gasteiger partial charge is 0.152 e. The number of aliphatic hydroxyl groups excluding tert-OH is 1. The Morgan fingerprint density at radius 3 is 2.86 bits per heavy atom. The average Bonchev–Trinajstić information content (AvgIpc) is 3.49. The lowest BCUT2D eigenvalue weighted by Gasteiger charge is -2.17. The van der Waals surface area contributed by atoms with Gasteiger partial charge in [-0.15, -0.1) is 0 Å². The summed E-state index contributed by atoms with van der Waals surface area (Å²) in [5.74, 6) is 1.56. The molecule has 0 radical (unpaired) electrons. The predicted molar refractivity (Wildman–Crippen MR) is 147 cm³/mol. The van der Waals surface area contributed by atoms with Crippen LogP contribution in [0.3, 0.4) is 0 Å². The zero-order chi connectivity index (χ0) is 25.1. The standard InChI is InChI=1S/C28H28ClN3O3S/c1-18-21(5-3-8-25(18)35-14-4-12-32-13-11-20(34)16-32)22-6-2-7-24(27(22)29)30-28-23-10-9-19(17-33)15-26(23)36-31-28/h2-3,5-10,15,17,20,34H,4,11-14,16H2,1H3,(H,30,31). The number of ether oxygens (including phenoxy) is 1. The van der Waals surface area contributed by atoms with Crippen molar-refractivity contribution >= 4 is 51.0 Å². The molecule has 1 aliphatic heterocycles. The summed E-state index contributed by atoms with van der Waals surface area (Å²) < 4.78 is 11.6. The first-order valence-corrected chi connectivity index (χ1v) is 13.2. The van der Waals surface area contributed by atoms with Gasteiger partial charge in [-0.05, 0) is 66.7 Å². The van der Waals surface area contributed by atoms with Crippen LogP contribution in [0.1, 0.15) is 28.8 Å². The second-order valence-corrected chi connectivity index (χ2v) is 10.3. The Bertz CT molecular complexity index is 1390. The number of hydrogen-bond acceptors (Lipinski definition) is 7. The Morgan fingerprint density at radius 2 is 2.06 bits per heavy atom. The molecule has 1 unspecified atom stereocenters. The molecule has 1 fully saturated rings. The second-order valence-electron chi connectivity index (χ2n) is 9.07. The number of halogens is 1. The molecule has 0 bridgehead atoms. The highest BCUT2D eigenvalue weighted by Crippen LogP contribution is 2.40. The van der Waals surface area contributed by atoms with Crippen LogP contribution >= 0.6 is 23.1 Å². The molecule has 3 aromatic carbocycles. The lowest BCUT2D eigenvalue weighted by molar-refractivity contribution is 0.112. The molecule has 1 aromatic heterocycles. The van der Waals surface area contributed by atoms with Gasteiger partial charge in [-0.2, -0.15) is 4.37 Å². The molecular formula is C28H28ClN3O3S. The summed E-state index contributed by atoms with van der Waals surface area (Å²) >= 11 is 8.24. The fourth-order valence-corrected chi connectivity index (χ4v) is 5.69. The zero-order valence-corrected chi connectivity index (χ0v) is 21.6. The molecule has 0 saturated carbocycles. The van der Waals surface area contributed by atoms with Crippen molar-refractivity contribution in [2.24, 2.45) is 0 Å². The molecule has 6 nitrogen and oxygen atoms in total. The van der Waals surface area contributed by atoms with E-state index in [1.165, 1.54) is 11.5 Å². The Morgan fingerprint density at radius 1 is 1.22 bits per heavy atom. The van der Waals surface area contributed by atoms with Gasteiger partial charge in [0, 0.05) is 36.1 Å². The maximum absolute atomic E-state index is 11.1. The second kappa shape index (κ2) is 11.0. The number of aliphatic hydroxyl groups is 1. The number of β-amino-alcohol motifs (C(OH)–C–C–N with tert-alkyl or cyclic N) is 1. The topological polar surface area (TPSA) is 74.7 Å². The summed E-state index contributed by atoms with van der Waals surface area (Å²) in [5.41, 5.74) is 4.36. The van der Waals surface area contributed by atoms with Crippen molar-refractivity contribution < 1.29 is 14.6 Å². The molecule has 1 atom stereocenters. The third-order valence-corrected chi connectivity index (χ3v) is 7.80. The van der Waals surface area contributed by atoms with Gasteiger partial charge >= 0.3 is 0 Å². The van der Waals surface area contributed by atoms with Crippen molar-refractivity contribution in [1.29, 1.82) is 0 Å². The number of carbonyl (C=O) groups is 1. The van der Waals surface area contributed by atoms with Crippen LogP contribution in [0.15, 0.2) is 54.6 Å². The maximum atomic E-state index is 11.1. The fraction of sp³-hybridized carbons (Fsp3) is 0.286. The first-order chi connectivity index (χ1) is 17.5. The molecule has 0 spiro atoms. The number of aromatic nitrogens is 1. The van der Waals surface area contributed by atoms with Crippen LogP contribution in [0, 0.1) is 6.92 Å². The molecule has 2 N–H and O–H groups in total. The van der Waals surface area contributed by atoms with Crippen molar-refractivity contribution in [1.82, 2.24) is 9.27 Å². The van der Waals surface area contributed by atoms with Gasteiger partial charge in [-0.1, -0.05) is 41.9 Å². The number of fused-ring (bicyclic) bond motifs is 1. The number of benzene rings is 3. The van der Waals surface area contributed by atoms with Crippen molar-refractivity contribution in [3.63, 3.8) is 0 Å². The zero-order valence-electron chi connectivity index (χ0n) is 20.0. The molecule has 0 amide bonds. The van der Waals surface area contributed by atoms with Gasteiger partial charge in [0.05, 0.1) is 28.1 Å². The number of nitrogens with zero attached hydrogens (tertiary/aromatic N) is 2. The highest BCUT2D eigenvalue weighted by Gasteiger charge is 2.19. The molecule has 186 valence electrons. The lowest BCUT2D eigenvalue weighted by Crippen LogP contribution is -2.24. The fourth-order valence-electron chi connectivity index (χ4n) is 4.63. The minimum absolute atomic E-state index is 0.190. The van der Waals surface area contributed by atoms with Crippen molar-refractivity contribution in [2.45, 2.75) is 25.9 Å². The van der Waals surface area contributed by atoms with E-state index in [9.17, 15) is 9.90 Å². The van der Waals surface area contributed by atoms with E-state index in [1.807, 2.05) is 42.5 Å². The minimum Gasteiger partial charge on any atom is -0.493 e. The van der Waals surface area contributed by atoms with Crippen LogP contribution in [0.25, 0.3) is 21.2 Å². The van der Waals surface area contributed by atoms with Gasteiger partial charge in [0.2, 0.25) is 0 Å². The molecule has 2 heterocycles. The molecule has 5 rings (SSSR count). The summed E-state index contributed by atoms with van der Waals surface area (Å²) in [7, 11) is 0. The maximum Gasteiger partial charge on any atom is 0.152 e. The number of anilines is 2. The molecule has 8 heteroatoms. The highest BCUT2D eigenvalue weighted by molar-refractivity contribution is 7.13. The minimum atomic E-state index is -0.190. The van der Waals surface area contributed by atoms with E-state index in [0.29, 0.717) is 23.0 Å². The number of rotatable bonds is 9. The summed E-state index contributed by atoms with van der Waals surface area (Å²) in [6, 6.07) is 17.5. The number of nitrogens with one attached hydrogen (secondary N) is 1. The molecule has 4 aromatic rings. The van der Waals surface area contributed by atoms with Crippen LogP contribution in [0.5, 0.6) is 5.75 Å². The number of hydrogen-bond donors (Lipinski definition) is 2. The van der Waals surface area contributed by atoms with Gasteiger partial charge in [0.25, 0.3) is 0 Å². The van der Waals surface area contributed by atoms with E-state index in [2.05, 4.69) is 27.6 Å². The van der Waals surface area contributed by atoms with Gasteiger partial charge in [0.15, 0.2) is 5.82 Å². The van der Waals surface area contributed by atoms with E-state index in [4.69, 9.17) is 16.3 Å². The lowest BCUT2D eigenvalue weighted by atomic mass is 9.99. The number of aldehydes is 1. The summed E-state index contributed by atoms with van der Waals surface area (Å²) in [5, 5.41) is 14.6. The van der Waals surface area contributed by atoms with Gasteiger partial charge in [-0.3, -0.25) is 4.79 Å². The Balaban J connectivity index is 1.32. The van der Waals surface area contributed by atoms with Gasteiger partial charge < -0.3 is 20.1 Å². The summed E-state index contributed by atoms with van der Waals surface area (Å²) in [4.78, 5) is 13.4. The van der Waals surface area contributed by atoms with Crippen molar-refractivity contribution in [3.05, 3.63) is 70.7 Å². The quantitative estimate of drug-likeness (QED) is 0.198. The SMILES string of the molecule is Cc1c(OCCCN2CCC(O)C2)cccc1-c1cccc(Nc2nsc3cc(C=O)ccc23)c1Cl. The monoisotopic (exact) mass is 521 g/mol. The largest absolute Gasteiger partial charge is 0.493 e. The average molecular weight is 522 g/mol. The van der Waals surface area contributed by atoms with E-state index in [0.717, 1.165) is 77.0 Å². The number of likely N-dealkylation sites (tertiary alicyclic amines) is 1. The molecule has 0 aliphatic carbocycles. The Labute approximate surface area is 219 Å². The van der Waals surface area contributed by atoms with Crippen LogP contribution < -0.4 is 10.1 Å².